The second kappa shape index (κ2) is 4.24. The molecule has 18 heavy (non-hydrogen) atoms. The minimum Gasteiger partial charge on any atom is -0.397 e. The molecule has 0 aromatic carbocycles. The van der Waals surface area contributed by atoms with Gasteiger partial charge in [-0.1, -0.05) is 13.3 Å². The summed E-state index contributed by atoms with van der Waals surface area (Å²) < 4.78 is 0. The Hall–Kier alpha value is -1.62. The summed E-state index contributed by atoms with van der Waals surface area (Å²) in [5, 5.41) is 3.91. The maximum Gasteiger partial charge on any atom is 0.263 e. The van der Waals surface area contributed by atoms with E-state index in [0.717, 1.165) is 23.1 Å². The van der Waals surface area contributed by atoms with Crippen LogP contribution in [0.5, 0.6) is 0 Å². The van der Waals surface area contributed by atoms with Crippen LogP contribution in [0, 0.1) is 5.92 Å². The van der Waals surface area contributed by atoms with Crippen molar-refractivity contribution in [3.05, 3.63) is 23.2 Å². The fourth-order valence-corrected chi connectivity index (χ4v) is 3.20. The molecule has 3 N–H and O–H groups in total. The highest BCUT2D eigenvalue weighted by molar-refractivity contribution is 7.21. The highest BCUT2D eigenvalue weighted by Gasteiger charge is 2.37. The first kappa shape index (κ1) is 11.5. The fourth-order valence-electron chi connectivity index (χ4n) is 2.23. The van der Waals surface area contributed by atoms with Crippen LogP contribution in [0.2, 0.25) is 0 Å². The Bertz CT molecular complexity index is 607. The van der Waals surface area contributed by atoms with Gasteiger partial charge in [-0.2, -0.15) is 0 Å². The van der Waals surface area contributed by atoms with Crippen molar-refractivity contribution < 1.29 is 4.79 Å². The van der Waals surface area contributed by atoms with E-state index < -0.39 is 0 Å². The fraction of sp³-hybridized carbons (Fsp3) is 0.385. The molecule has 0 bridgehead atoms. The van der Waals surface area contributed by atoms with Crippen LogP contribution in [0.1, 0.15) is 29.4 Å². The lowest BCUT2D eigenvalue weighted by Gasteiger charge is -2.02. The van der Waals surface area contributed by atoms with Crippen LogP contribution in [0.15, 0.2) is 18.3 Å². The van der Waals surface area contributed by atoms with Gasteiger partial charge in [0.2, 0.25) is 0 Å². The minimum atomic E-state index is -0.0588. The summed E-state index contributed by atoms with van der Waals surface area (Å²) >= 11 is 1.36. The van der Waals surface area contributed by atoms with Crippen molar-refractivity contribution in [2.75, 3.05) is 5.73 Å². The molecule has 1 fully saturated rings. The second-order valence-electron chi connectivity index (χ2n) is 4.68. The SMILES string of the molecule is CCC1CC1NC(=O)c1sc2ncccc2c1N. The first-order valence-corrected chi connectivity index (χ1v) is 6.96. The van der Waals surface area contributed by atoms with Crippen molar-refractivity contribution in [2.24, 2.45) is 5.92 Å². The highest BCUT2D eigenvalue weighted by Crippen LogP contribution is 2.35. The molecule has 2 heterocycles. The van der Waals surface area contributed by atoms with Gasteiger partial charge in [-0.25, -0.2) is 4.98 Å². The van der Waals surface area contributed by atoms with Crippen molar-refractivity contribution in [1.82, 2.24) is 10.3 Å². The summed E-state index contributed by atoms with van der Waals surface area (Å²) in [7, 11) is 0. The van der Waals surface area contributed by atoms with Crippen molar-refractivity contribution in [1.29, 1.82) is 0 Å². The number of nitrogen functional groups attached to an aromatic ring is 1. The van der Waals surface area contributed by atoms with Crippen molar-refractivity contribution >= 4 is 33.1 Å². The summed E-state index contributed by atoms with van der Waals surface area (Å²) in [4.78, 5) is 17.8. The monoisotopic (exact) mass is 261 g/mol. The summed E-state index contributed by atoms with van der Waals surface area (Å²) in [6, 6.07) is 4.07. The lowest BCUT2D eigenvalue weighted by Crippen LogP contribution is -2.26. The molecule has 0 spiro atoms. The number of hydrogen-bond acceptors (Lipinski definition) is 4. The number of carbonyl (C=O) groups is 1. The first-order chi connectivity index (χ1) is 8.70. The van der Waals surface area contributed by atoms with Gasteiger partial charge in [-0.05, 0) is 24.5 Å². The zero-order valence-corrected chi connectivity index (χ0v) is 11.0. The third kappa shape index (κ3) is 1.84. The van der Waals surface area contributed by atoms with Gasteiger partial charge in [0.25, 0.3) is 5.91 Å². The van der Waals surface area contributed by atoms with Gasteiger partial charge >= 0.3 is 0 Å². The predicted octanol–water partition coefficient (Wildman–Crippen LogP) is 2.41. The molecule has 1 amide bonds. The third-order valence-corrected chi connectivity index (χ3v) is 4.60. The van der Waals surface area contributed by atoms with E-state index in [4.69, 9.17) is 5.73 Å². The van der Waals surface area contributed by atoms with E-state index in [1.165, 1.54) is 11.3 Å². The maximum atomic E-state index is 12.1. The Morgan fingerprint density at radius 1 is 1.67 bits per heavy atom. The van der Waals surface area contributed by atoms with Crippen molar-refractivity contribution in [2.45, 2.75) is 25.8 Å². The van der Waals surface area contributed by atoms with Gasteiger partial charge in [-0.15, -0.1) is 11.3 Å². The number of nitrogens with zero attached hydrogens (tertiary/aromatic N) is 1. The van der Waals surface area contributed by atoms with E-state index in [0.29, 0.717) is 22.5 Å². The Morgan fingerprint density at radius 3 is 3.17 bits per heavy atom. The molecule has 0 saturated heterocycles. The number of nitrogens with one attached hydrogen (secondary N) is 1. The van der Waals surface area contributed by atoms with E-state index in [2.05, 4.69) is 17.2 Å². The number of anilines is 1. The molecule has 1 saturated carbocycles. The van der Waals surface area contributed by atoms with E-state index in [-0.39, 0.29) is 5.91 Å². The Kier molecular flexibility index (Phi) is 2.70. The molecule has 5 heteroatoms. The summed E-state index contributed by atoms with van der Waals surface area (Å²) in [5.74, 6) is 0.583. The van der Waals surface area contributed by atoms with Gasteiger partial charge in [0, 0.05) is 17.6 Å². The molecular weight excluding hydrogens is 246 g/mol. The molecule has 2 aromatic heterocycles. The summed E-state index contributed by atoms with van der Waals surface area (Å²) in [6.45, 7) is 2.15. The summed E-state index contributed by atoms with van der Waals surface area (Å²) in [6.07, 6.45) is 3.92. The van der Waals surface area contributed by atoms with Gasteiger partial charge in [0.05, 0.1) is 5.69 Å². The zero-order chi connectivity index (χ0) is 12.7. The predicted molar refractivity (Wildman–Crippen MR) is 73.7 cm³/mol. The average Bonchev–Trinajstić information content (AvgIpc) is 3.05. The van der Waals surface area contributed by atoms with E-state index in [9.17, 15) is 4.79 Å². The van der Waals surface area contributed by atoms with E-state index >= 15 is 0 Å². The van der Waals surface area contributed by atoms with Gasteiger partial charge in [0.15, 0.2) is 0 Å². The number of fused-ring (bicyclic) bond motifs is 1. The Balaban J connectivity index is 1.85. The zero-order valence-electron chi connectivity index (χ0n) is 10.1. The number of aromatic nitrogens is 1. The van der Waals surface area contributed by atoms with Gasteiger partial charge in [0.1, 0.15) is 9.71 Å². The third-order valence-electron chi connectivity index (χ3n) is 3.47. The standard InChI is InChI=1S/C13H15N3OS/c1-2-7-6-9(7)16-12(17)11-10(14)8-4-3-5-15-13(8)18-11/h3-5,7,9H,2,6,14H2,1H3,(H,16,17). The summed E-state index contributed by atoms with van der Waals surface area (Å²) in [5.41, 5.74) is 6.56. The Morgan fingerprint density at radius 2 is 2.50 bits per heavy atom. The molecule has 3 rings (SSSR count). The molecule has 2 unspecified atom stereocenters. The van der Waals surface area contributed by atoms with Gasteiger partial charge in [-0.3, -0.25) is 4.79 Å². The second-order valence-corrected chi connectivity index (χ2v) is 5.68. The number of pyridine rings is 1. The molecule has 2 atom stereocenters. The number of rotatable bonds is 3. The van der Waals surface area contributed by atoms with Crippen LogP contribution in [0.25, 0.3) is 10.2 Å². The molecule has 0 radical (unpaired) electrons. The molecule has 1 aliphatic rings. The Labute approximate surface area is 109 Å². The molecular formula is C13H15N3OS. The van der Waals surface area contributed by atoms with Crippen LogP contribution in [0.4, 0.5) is 5.69 Å². The molecule has 2 aromatic rings. The maximum absolute atomic E-state index is 12.1. The molecule has 1 aliphatic carbocycles. The number of carbonyl (C=O) groups excluding carboxylic acids is 1. The topological polar surface area (TPSA) is 68.0 Å². The van der Waals surface area contributed by atoms with Crippen molar-refractivity contribution in [3.8, 4) is 0 Å². The first-order valence-electron chi connectivity index (χ1n) is 6.14. The number of nitrogens with two attached hydrogens (primary N) is 1. The van der Waals surface area contributed by atoms with Crippen LogP contribution in [0.3, 0.4) is 0 Å². The van der Waals surface area contributed by atoms with E-state index in [1.54, 1.807) is 6.20 Å². The van der Waals surface area contributed by atoms with Gasteiger partial charge < -0.3 is 11.1 Å². The van der Waals surface area contributed by atoms with Crippen LogP contribution < -0.4 is 11.1 Å². The smallest absolute Gasteiger partial charge is 0.263 e. The molecule has 94 valence electrons. The van der Waals surface area contributed by atoms with Crippen molar-refractivity contribution in [3.63, 3.8) is 0 Å². The highest BCUT2D eigenvalue weighted by atomic mass is 32.1. The normalized spacial score (nSPS) is 22.1. The van der Waals surface area contributed by atoms with Crippen LogP contribution in [-0.2, 0) is 0 Å². The van der Waals surface area contributed by atoms with E-state index in [1.807, 2.05) is 12.1 Å². The van der Waals surface area contributed by atoms with Crippen LogP contribution in [-0.4, -0.2) is 16.9 Å². The lowest BCUT2D eigenvalue weighted by atomic mass is 10.2. The minimum absolute atomic E-state index is 0.0588. The number of amides is 1. The number of hydrogen-bond donors (Lipinski definition) is 2. The molecule has 4 nitrogen and oxygen atoms in total. The lowest BCUT2D eigenvalue weighted by molar-refractivity contribution is 0.0954. The molecule has 0 aliphatic heterocycles. The quantitative estimate of drug-likeness (QED) is 0.891. The van der Waals surface area contributed by atoms with Crippen LogP contribution >= 0.6 is 11.3 Å². The number of thiophene rings is 1. The average molecular weight is 261 g/mol. The largest absolute Gasteiger partial charge is 0.397 e.